The summed E-state index contributed by atoms with van der Waals surface area (Å²) in [6.45, 7) is 0.126. The second-order valence-corrected chi connectivity index (χ2v) is 5.04. The van der Waals surface area contributed by atoms with E-state index in [1.807, 2.05) is 0 Å². The highest BCUT2D eigenvalue weighted by Gasteiger charge is 2.16. The van der Waals surface area contributed by atoms with Crippen LogP contribution in [0.25, 0.3) is 0 Å². The van der Waals surface area contributed by atoms with Crippen LogP contribution >= 0.6 is 0 Å². The van der Waals surface area contributed by atoms with Gasteiger partial charge in [0.25, 0.3) is 5.91 Å². The Kier molecular flexibility index (Phi) is 4.92. The summed E-state index contributed by atoms with van der Waals surface area (Å²) in [6, 6.07) is 1.92. The molecule has 4 N–H and O–H groups in total. The SMILES string of the molecule is NC(=O)c1cnccc1NCC(=O)NC1CCCCC1. The number of hydrogen-bond donors (Lipinski definition) is 3. The van der Waals surface area contributed by atoms with Crippen LogP contribution in [-0.2, 0) is 4.79 Å². The smallest absolute Gasteiger partial charge is 0.252 e. The van der Waals surface area contributed by atoms with Gasteiger partial charge in [-0.3, -0.25) is 14.6 Å². The van der Waals surface area contributed by atoms with Gasteiger partial charge in [-0.1, -0.05) is 19.3 Å². The van der Waals surface area contributed by atoms with Crippen molar-refractivity contribution >= 4 is 17.5 Å². The van der Waals surface area contributed by atoms with Gasteiger partial charge in [-0.2, -0.15) is 0 Å². The Morgan fingerprint density at radius 2 is 2.05 bits per heavy atom. The minimum atomic E-state index is -0.562. The van der Waals surface area contributed by atoms with Gasteiger partial charge >= 0.3 is 0 Å². The number of primary amides is 1. The number of rotatable bonds is 5. The molecule has 0 bridgehead atoms. The fourth-order valence-corrected chi connectivity index (χ4v) is 2.45. The molecular weight excluding hydrogens is 256 g/mol. The molecule has 0 saturated heterocycles. The lowest BCUT2D eigenvalue weighted by Crippen LogP contribution is -2.39. The number of hydrogen-bond acceptors (Lipinski definition) is 4. The Hall–Kier alpha value is -2.11. The lowest BCUT2D eigenvalue weighted by Gasteiger charge is -2.23. The number of pyridine rings is 1. The fraction of sp³-hybridized carbons (Fsp3) is 0.500. The zero-order valence-corrected chi connectivity index (χ0v) is 11.4. The van der Waals surface area contributed by atoms with Crippen molar-refractivity contribution in [2.45, 2.75) is 38.1 Å². The van der Waals surface area contributed by atoms with Gasteiger partial charge in [0.1, 0.15) is 0 Å². The third kappa shape index (κ3) is 3.94. The standard InChI is InChI=1S/C14H20N4O2/c15-14(20)11-8-16-7-6-12(11)17-9-13(19)18-10-4-2-1-3-5-10/h6-8,10H,1-5,9H2,(H2,15,20)(H,16,17)(H,18,19). The molecule has 1 aromatic heterocycles. The minimum absolute atomic E-state index is 0.0656. The molecule has 1 aliphatic rings. The number of nitrogens with zero attached hydrogens (tertiary/aromatic N) is 1. The van der Waals surface area contributed by atoms with E-state index in [-0.39, 0.29) is 24.1 Å². The number of carbonyl (C=O) groups excluding carboxylic acids is 2. The first kappa shape index (κ1) is 14.3. The van der Waals surface area contributed by atoms with Gasteiger partial charge in [0.2, 0.25) is 5.91 Å². The third-order valence-corrected chi connectivity index (χ3v) is 3.50. The van der Waals surface area contributed by atoms with Gasteiger partial charge in [0, 0.05) is 18.4 Å². The summed E-state index contributed by atoms with van der Waals surface area (Å²) in [4.78, 5) is 26.9. The van der Waals surface area contributed by atoms with Gasteiger partial charge in [0.05, 0.1) is 17.8 Å². The Balaban J connectivity index is 1.85. The maximum Gasteiger partial charge on any atom is 0.252 e. The van der Waals surface area contributed by atoms with Crippen molar-refractivity contribution in [3.63, 3.8) is 0 Å². The average molecular weight is 276 g/mol. The van der Waals surface area contributed by atoms with Crippen molar-refractivity contribution in [3.8, 4) is 0 Å². The van der Waals surface area contributed by atoms with Gasteiger partial charge in [-0.25, -0.2) is 0 Å². The molecule has 6 nitrogen and oxygen atoms in total. The average Bonchev–Trinajstić information content (AvgIpc) is 2.46. The van der Waals surface area contributed by atoms with E-state index in [0.717, 1.165) is 12.8 Å². The van der Waals surface area contributed by atoms with Crippen LogP contribution in [0.3, 0.4) is 0 Å². The van der Waals surface area contributed by atoms with Crippen LogP contribution in [0.2, 0.25) is 0 Å². The van der Waals surface area contributed by atoms with E-state index in [1.165, 1.54) is 25.5 Å². The predicted molar refractivity (Wildman–Crippen MR) is 76.3 cm³/mol. The Morgan fingerprint density at radius 1 is 1.30 bits per heavy atom. The molecule has 2 rings (SSSR count). The molecular formula is C14H20N4O2. The zero-order valence-electron chi connectivity index (χ0n) is 11.4. The van der Waals surface area contributed by atoms with Crippen LogP contribution in [0, 0.1) is 0 Å². The number of nitrogens with two attached hydrogens (primary N) is 1. The second-order valence-electron chi connectivity index (χ2n) is 5.04. The molecule has 2 amide bonds. The van der Waals surface area contributed by atoms with E-state index in [4.69, 9.17) is 5.73 Å². The summed E-state index contributed by atoms with van der Waals surface area (Å²) in [6.07, 6.45) is 8.64. The summed E-state index contributed by atoms with van der Waals surface area (Å²) in [5, 5.41) is 5.94. The molecule has 6 heteroatoms. The first-order valence-corrected chi connectivity index (χ1v) is 6.94. The molecule has 0 aromatic carbocycles. The number of aromatic nitrogens is 1. The van der Waals surface area contributed by atoms with Crippen molar-refractivity contribution in [2.24, 2.45) is 5.73 Å². The predicted octanol–water partition coefficient (Wildman–Crippen LogP) is 1.04. The maximum atomic E-state index is 11.9. The number of amides is 2. The Morgan fingerprint density at radius 3 is 2.75 bits per heavy atom. The third-order valence-electron chi connectivity index (χ3n) is 3.50. The summed E-state index contributed by atoms with van der Waals surface area (Å²) in [5.41, 5.74) is 6.07. The highest BCUT2D eigenvalue weighted by molar-refractivity contribution is 5.98. The summed E-state index contributed by atoms with van der Waals surface area (Å²) >= 11 is 0. The molecule has 20 heavy (non-hydrogen) atoms. The fourth-order valence-electron chi connectivity index (χ4n) is 2.45. The lowest BCUT2D eigenvalue weighted by atomic mass is 9.95. The number of carbonyl (C=O) groups is 2. The van der Waals surface area contributed by atoms with E-state index in [1.54, 1.807) is 12.3 Å². The maximum absolute atomic E-state index is 11.9. The van der Waals surface area contributed by atoms with Crippen LogP contribution < -0.4 is 16.4 Å². The van der Waals surface area contributed by atoms with Crippen molar-refractivity contribution < 1.29 is 9.59 Å². The van der Waals surface area contributed by atoms with Crippen molar-refractivity contribution in [1.82, 2.24) is 10.3 Å². The molecule has 1 aromatic rings. The van der Waals surface area contributed by atoms with Crippen LogP contribution in [0.15, 0.2) is 18.5 Å². The molecule has 0 spiro atoms. The van der Waals surface area contributed by atoms with Gasteiger partial charge in [-0.05, 0) is 18.9 Å². The molecule has 0 atom stereocenters. The Bertz CT molecular complexity index is 484. The van der Waals surface area contributed by atoms with Crippen LogP contribution in [-0.4, -0.2) is 29.4 Å². The molecule has 1 heterocycles. The zero-order chi connectivity index (χ0) is 14.4. The van der Waals surface area contributed by atoms with Crippen molar-refractivity contribution in [3.05, 3.63) is 24.0 Å². The first-order valence-electron chi connectivity index (χ1n) is 6.94. The molecule has 1 fully saturated rings. The number of anilines is 1. The minimum Gasteiger partial charge on any atom is -0.375 e. The number of nitrogens with one attached hydrogen (secondary N) is 2. The normalized spacial score (nSPS) is 15.6. The van der Waals surface area contributed by atoms with Crippen LogP contribution in [0.1, 0.15) is 42.5 Å². The van der Waals surface area contributed by atoms with Crippen molar-refractivity contribution in [2.75, 3.05) is 11.9 Å². The molecule has 0 unspecified atom stereocenters. The van der Waals surface area contributed by atoms with Crippen LogP contribution in [0.4, 0.5) is 5.69 Å². The van der Waals surface area contributed by atoms with Crippen molar-refractivity contribution in [1.29, 1.82) is 0 Å². The Labute approximate surface area is 118 Å². The first-order chi connectivity index (χ1) is 9.66. The molecule has 0 aliphatic heterocycles. The summed E-state index contributed by atoms with van der Waals surface area (Å²) in [7, 11) is 0. The van der Waals surface area contributed by atoms with Gasteiger partial charge in [0.15, 0.2) is 0 Å². The highest BCUT2D eigenvalue weighted by atomic mass is 16.2. The molecule has 1 aliphatic carbocycles. The largest absolute Gasteiger partial charge is 0.375 e. The molecule has 108 valence electrons. The van der Waals surface area contributed by atoms with E-state index >= 15 is 0 Å². The van der Waals surface area contributed by atoms with E-state index < -0.39 is 5.91 Å². The monoisotopic (exact) mass is 276 g/mol. The highest BCUT2D eigenvalue weighted by Crippen LogP contribution is 2.17. The van der Waals surface area contributed by atoms with Crippen LogP contribution in [0.5, 0.6) is 0 Å². The quantitative estimate of drug-likeness (QED) is 0.748. The second kappa shape index (κ2) is 6.88. The van der Waals surface area contributed by atoms with Gasteiger partial charge < -0.3 is 16.4 Å². The molecule has 1 saturated carbocycles. The summed E-state index contributed by atoms with van der Waals surface area (Å²) < 4.78 is 0. The molecule has 0 radical (unpaired) electrons. The summed E-state index contributed by atoms with van der Waals surface area (Å²) in [5.74, 6) is -0.627. The van der Waals surface area contributed by atoms with E-state index in [0.29, 0.717) is 5.69 Å². The van der Waals surface area contributed by atoms with E-state index in [2.05, 4.69) is 15.6 Å². The van der Waals surface area contributed by atoms with Gasteiger partial charge in [-0.15, -0.1) is 0 Å². The lowest BCUT2D eigenvalue weighted by molar-refractivity contribution is -0.120. The topological polar surface area (TPSA) is 97.1 Å². The van der Waals surface area contributed by atoms with E-state index in [9.17, 15) is 9.59 Å².